The number of hydrogen-bond donors (Lipinski definition) is 1. The van der Waals surface area contributed by atoms with Gasteiger partial charge in [-0.1, -0.05) is 15.5 Å². The number of hydrogen-bond acceptors (Lipinski definition) is 4. The van der Waals surface area contributed by atoms with Gasteiger partial charge in [-0.25, -0.2) is 13.8 Å². The fourth-order valence-corrected chi connectivity index (χ4v) is 2.52. The molecule has 3 aromatic rings. The van der Waals surface area contributed by atoms with Gasteiger partial charge in [0.1, 0.15) is 5.52 Å². The van der Waals surface area contributed by atoms with Gasteiger partial charge in [0.15, 0.2) is 23.9 Å². The maximum atomic E-state index is 14.0. The highest BCUT2D eigenvalue weighted by molar-refractivity contribution is 6.05. The summed E-state index contributed by atoms with van der Waals surface area (Å²) in [6, 6.07) is 4.67. The first-order chi connectivity index (χ1) is 13.6. The molecule has 1 atom stereocenters. The molecule has 0 radical (unpaired) electrons. The second-order valence-electron chi connectivity index (χ2n) is 5.96. The van der Waals surface area contributed by atoms with Crippen molar-refractivity contribution in [3.63, 3.8) is 0 Å². The van der Waals surface area contributed by atoms with E-state index in [1.807, 2.05) is 0 Å². The van der Waals surface area contributed by atoms with Crippen molar-refractivity contribution in [2.24, 2.45) is 0 Å². The summed E-state index contributed by atoms with van der Waals surface area (Å²) in [6.45, 7) is -0.117. The van der Waals surface area contributed by atoms with E-state index in [1.54, 1.807) is 0 Å². The first-order valence-electron chi connectivity index (χ1n) is 8.07. The van der Waals surface area contributed by atoms with E-state index in [4.69, 9.17) is 0 Å². The second-order valence-corrected chi connectivity index (χ2v) is 5.96. The van der Waals surface area contributed by atoms with Crippen LogP contribution >= 0.6 is 0 Å². The van der Waals surface area contributed by atoms with Gasteiger partial charge in [-0.3, -0.25) is 4.79 Å². The highest BCUT2D eigenvalue weighted by Crippen LogP contribution is 2.25. The Morgan fingerprint density at radius 2 is 1.97 bits per heavy atom. The molecule has 0 bridgehead atoms. The Morgan fingerprint density at radius 1 is 1.24 bits per heavy atom. The van der Waals surface area contributed by atoms with E-state index in [0.717, 1.165) is 6.07 Å². The molecule has 6 nitrogen and oxygen atoms in total. The number of fused-ring (bicyclic) bond motifs is 1. The fraction of sp³-hybridized carbons (Fsp3) is 0.235. The van der Waals surface area contributed by atoms with Crippen molar-refractivity contribution in [1.82, 2.24) is 20.3 Å². The smallest absolute Gasteiger partial charge is 0.422 e. The van der Waals surface area contributed by atoms with Gasteiger partial charge in [0.25, 0.3) is 5.91 Å². The van der Waals surface area contributed by atoms with E-state index in [9.17, 15) is 31.2 Å². The van der Waals surface area contributed by atoms with Gasteiger partial charge in [-0.15, -0.1) is 5.10 Å². The van der Waals surface area contributed by atoms with E-state index in [-0.39, 0.29) is 16.5 Å². The number of ether oxygens (including phenoxy) is 1. The summed E-state index contributed by atoms with van der Waals surface area (Å²) in [5, 5.41) is 4.98. The van der Waals surface area contributed by atoms with Crippen LogP contribution in [-0.4, -0.2) is 33.7 Å². The van der Waals surface area contributed by atoms with Crippen molar-refractivity contribution < 1.29 is 36.0 Å². The molecule has 1 unspecified atom stereocenters. The molecule has 0 aliphatic rings. The average Bonchev–Trinajstić information content (AvgIpc) is 3.00. The Kier molecular flexibility index (Phi) is 5.36. The molecular formula is C17H12F6N4O2. The van der Waals surface area contributed by atoms with Crippen LogP contribution in [0.4, 0.5) is 26.4 Å². The summed E-state index contributed by atoms with van der Waals surface area (Å²) < 4.78 is 82.5. The Morgan fingerprint density at radius 3 is 2.66 bits per heavy atom. The van der Waals surface area contributed by atoms with Gasteiger partial charge in [0, 0.05) is 6.07 Å². The number of nitrogens with zero attached hydrogens (tertiary/aromatic N) is 3. The first kappa shape index (κ1) is 20.4. The summed E-state index contributed by atoms with van der Waals surface area (Å²) in [6.07, 6.45) is -4.55. The minimum Gasteiger partial charge on any atom is -0.468 e. The van der Waals surface area contributed by atoms with Crippen LogP contribution in [0, 0.1) is 11.6 Å². The van der Waals surface area contributed by atoms with E-state index in [0.29, 0.717) is 6.07 Å². The lowest BCUT2D eigenvalue weighted by molar-refractivity contribution is -0.154. The molecule has 1 amide bonds. The number of carbonyl (C=O) groups is 1. The number of nitrogens with one attached hydrogen (secondary N) is 1. The van der Waals surface area contributed by atoms with Crippen molar-refractivity contribution in [2.75, 3.05) is 6.61 Å². The predicted octanol–water partition coefficient (Wildman–Crippen LogP) is 3.87. The third-order valence-corrected chi connectivity index (χ3v) is 3.83. The lowest BCUT2D eigenvalue weighted by Gasteiger charge is -2.14. The normalized spacial score (nSPS) is 12.8. The van der Waals surface area contributed by atoms with Crippen LogP contribution in [0.1, 0.15) is 29.1 Å². The number of benzene rings is 1. The largest absolute Gasteiger partial charge is 0.468 e. The second kappa shape index (κ2) is 7.60. The number of pyridine rings is 1. The maximum Gasteiger partial charge on any atom is 0.422 e. The standard InChI is InChI=1S/C17H12F6N4O2/c1-8(10-3-2-4-12(25-10)29-7-17(20,21)22)24-16(28)15-13-11(27(23)26-15)6-5-9(18)14(13)19/h2-6,8H,7H2,1H3,(H,24,28). The third-order valence-electron chi connectivity index (χ3n) is 3.83. The van der Waals surface area contributed by atoms with Gasteiger partial charge in [-0.05, 0) is 25.1 Å². The van der Waals surface area contributed by atoms with Crippen molar-refractivity contribution in [1.29, 1.82) is 0 Å². The highest BCUT2D eigenvalue weighted by Gasteiger charge is 2.29. The van der Waals surface area contributed by atoms with Crippen molar-refractivity contribution in [3.05, 3.63) is 53.4 Å². The van der Waals surface area contributed by atoms with Gasteiger partial charge >= 0.3 is 6.18 Å². The number of alkyl halides is 3. The third kappa shape index (κ3) is 4.41. The molecule has 2 aromatic heterocycles. The maximum absolute atomic E-state index is 14.0. The summed E-state index contributed by atoms with van der Waals surface area (Å²) in [7, 11) is 0. The lowest BCUT2D eigenvalue weighted by atomic mass is 10.1. The van der Waals surface area contributed by atoms with Crippen molar-refractivity contribution >= 4 is 16.8 Å². The van der Waals surface area contributed by atoms with E-state index in [1.165, 1.54) is 25.1 Å². The number of aromatic nitrogens is 3. The van der Waals surface area contributed by atoms with E-state index in [2.05, 4.69) is 20.1 Å². The average molecular weight is 418 g/mol. The molecule has 0 spiro atoms. The monoisotopic (exact) mass is 418 g/mol. The molecule has 0 fully saturated rings. The molecule has 0 aliphatic heterocycles. The molecular weight excluding hydrogens is 406 g/mol. The zero-order chi connectivity index (χ0) is 21.3. The van der Waals surface area contributed by atoms with Gasteiger partial charge in [0.05, 0.1) is 17.1 Å². The quantitative estimate of drug-likeness (QED) is 0.639. The van der Waals surface area contributed by atoms with Crippen LogP contribution in [0.2, 0.25) is 0 Å². The molecule has 29 heavy (non-hydrogen) atoms. The lowest BCUT2D eigenvalue weighted by Crippen LogP contribution is -2.28. The molecule has 3 rings (SSSR count). The Hall–Kier alpha value is -3.31. The fourth-order valence-electron chi connectivity index (χ4n) is 2.52. The summed E-state index contributed by atoms with van der Waals surface area (Å²) in [5.41, 5.74) is -1.02. The van der Waals surface area contributed by atoms with E-state index >= 15 is 0 Å². The Balaban J connectivity index is 1.81. The predicted molar refractivity (Wildman–Crippen MR) is 87.8 cm³/mol. The minimum absolute atomic E-state index is 0.119. The van der Waals surface area contributed by atoms with Crippen LogP contribution in [0.25, 0.3) is 10.9 Å². The first-order valence-corrected chi connectivity index (χ1v) is 8.07. The van der Waals surface area contributed by atoms with Crippen LogP contribution in [0.5, 0.6) is 5.88 Å². The molecule has 12 heteroatoms. The molecule has 1 aromatic carbocycles. The molecule has 0 aliphatic carbocycles. The SMILES string of the molecule is CC(NC(=O)c1nn(F)c2ccc(F)c(F)c12)c1cccc(OCC(F)(F)F)n1. The molecule has 0 saturated carbocycles. The molecule has 154 valence electrons. The highest BCUT2D eigenvalue weighted by atomic mass is 19.4. The van der Waals surface area contributed by atoms with Crippen LogP contribution < -0.4 is 10.1 Å². The molecule has 2 heterocycles. The number of amides is 1. The summed E-state index contributed by atoms with van der Waals surface area (Å²) in [5.74, 6) is -4.09. The number of carbonyl (C=O) groups excluding carboxylic acids is 1. The van der Waals surface area contributed by atoms with Crippen molar-refractivity contribution in [3.8, 4) is 5.88 Å². The van der Waals surface area contributed by atoms with Gasteiger partial charge in [0.2, 0.25) is 5.88 Å². The zero-order valence-electron chi connectivity index (χ0n) is 14.6. The summed E-state index contributed by atoms with van der Waals surface area (Å²) in [4.78, 5) is 16.0. The Bertz CT molecular complexity index is 1070. The Labute approximate surface area is 159 Å². The zero-order valence-corrected chi connectivity index (χ0v) is 14.6. The minimum atomic E-state index is -4.55. The molecule has 0 saturated heterocycles. The van der Waals surface area contributed by atoms with Gasteiger partial charge in [-0.2, -0.15) is 13.2 Å². The van der Waals surface area contributed by atoms with Crippen LogP contribution in [-0.2, 0) is 0 Å². The molecule has 1 N–H and O–H groups in total. The number of rotatable bonds is 5. The number of halogens is 6. The topological polar surface area (TPSA) is 69.0 Å². The van der Waals surface area contributed by atoms with Crippen LogP contribution in [0.3, 0.4) is 0 Å². The van der Waals surface area contributed by atoms with Gasteiger partial charge < -0.3 is 10.1 Å². The van der Waals surface area contributed by atoms with Crippen LogP contribution in [0.15, 0.2) is 30.3 Å². The summed E-state index contributed by atoms with van der Waals surface area (Å²) >= 11 is 0. The van der Waals surface area contributed by atoms with E-state index < -0.39 is 53.0 Å². The van der Waals surface area contributed by atoms with Crippen molar-refractivity contribution in [2.45, 2.75) is 19.1 Å².